The second-order valence-electron chi connectivity index (χ2n) is 5.32. The van der Waals surface area contributed by atoms with Crippen molar-refractivity contribution in [2.45, 2.75) is 40.2 Å². The molecule has 0 saturated heterocycles. The van der Waals surface area contributed by atoms with E-state index >= 15 is 0 Å². The van der Waals surface area contributed by atoms with Gasteiger partial charge >= 0.3 is 5.97 Å². The van der Waals surface area contributed by atoms with Gasteiger partial charge in [0.05, 0.1) is 12.5 Å². The van der Waals surface area contributed by atoms with Crippen LogP contribution in [0.4, 0.5) is 0 Å². The van der Waals surface area contributed by atoms with E-state index in [1.54, 1.807) is 0 Å². The van der Waals surface area contributed by atoms with E-state index in [9.17, 15) is 4.79 Å². The second-order valence-corrected chi connectivity index (χ2v) is 5.32. The smallest absolute Gasteiger partial charge is 0.312 e. The minimum atomic E-state index is -0.456. The maximum absolute atomic E-state index is 11.7. The molecule has 0 aromatic heterocycles. The molecule has 3 nitrogen and oxygen atoms in total. The molecule has 0 aromatic rings. The maximum Gasteiger partial charge on any atom is 0.312 e. The first kappa shape index (κ1) is 14.4. The summed E-state index contributed by atoms with van der Waals surface area (Å²) in [5, 5.41) is 0. The van der Waals surface area contributed by atoms with E-state index in [-0.39, 0.29) is 12.0 Å². The number of carbonyl (C=O) groups excluding carboxylic acids is 1. The molecular formula is C12H25NO2. The third-order valence-electron chi connectivity index (χ3n) is 2.86. The van der Waals surface area contributed by atoms with Crippen LogP contribution in [0.2, 0.25) is 0 Å². The van der Waals surface area contributed by atoms with Crippen LogP contribution in [-0.4, -0.2) is 38.1 Å². The van der Waals surface area contributed by atoms with Gasteiger partial charge in [0.2, 0.25) is 0 Å². The minimum Gasteiger partial charge on any atom is -0.469 e. The number of hydrogen-bond acceptors (Lipinski definition) is 3. The van der Waals surface area contributed by atoms with Crippen LogP contribution in [0.5, 0.6) is 0 Å². The highest BCUT2D eigenvalue weighted by Crippen LogP contribution is 2.30. The summed E-state index contributed by atoms with van der Waals surface area (Å²) in [6.07, 6.45) is 0.995. The molecule has 0 amide bonds. The van der Waals surface area contributed by atoms with Crippen LogP contribution in [0.1, 0.15) is 34.1 Å². The number of ether oxygens (including phenoxy) is 1. The van der Waals surface area contributed by atoms with Crippen LogP contribution in [0, 0.1) is 11.3 Å². The van der Waals surface area contributed by atoms with Gasteiger partial charge in [-0.2, -0.15) is 0 Å². The van der Waals surface area contributed by atoms with Gasteiger partial charge in [-0.15, -0.1) is 0 Å². The van der Waals surface area contributed by atoms with E-state index in [0.29, 0.717) is 5.92 Å². The summed E-state index contributed by atoms with van der Waals surface area (Å²) >= 11 is 0. The zero-order valence-electron chi connectivity index (χ0n) is 11.1. The predicted molar refractivity (Wildman–Crippen MR) is 62.7 cm³/mol. The average Bonchev–Trinajstić information content (AvgIpc) is 2.11. The number of esters is 1. The van der Waals surface area contributed by atoms with Crippen molar-refractivity contribution in [1.82, 2.24) is 4.90 Å². The monoisotopic (exact) mass is 215 g/mol. The van der Waals surface area contributed by atoms with E-state index in [0.717, 1.165) is 6.42 Å². The third kappa shape index (κ3) is 3.82. The van der Waals surface area contributed by atoms with Gasteiger partial charge in [-0.05, 0) is 40.3 Å². The van der Waals surface area contributed by atoms with E-state index in [2.05, 4.69) is 18.7 Å². The molecule has 0 fully saturated rings. The average molecular weight is 215 g/mol. The van der Waals surface area contributed by atoms with E-state index in [4.69, 9.17) is 4.74 Å². The quantitative estimate of drug-likeness (QED) is 0.658. The Balaban J connectivity index is 4.81. The fraction of sp³-hybridized carbons (Fsp3) is 0.917. The number of rotatable bonds is 5. The van der Waals surface area contributed by atoms with Crippen LogP contribution in [-0.2, 0) is 9.53 Å². The Kier molecular flexibility index (Phi) is 5.29. The molecule has 0 saturated carbocycles. The van der Waals surface area contributed by atoms with Gasteiger partial charge in [-0.25, -0.2) is 0 Å². The van der Waals surface area contributed by atoms with Crippen molar-refractivity contribution < 1.29 is 9.53 Å². The van der Waals surface area contributed by atoms with Gasteiger partial charge in [0.1, 0.15) is 0 Å². The molecule has 1 atom stereocenters. The molecule has 0 aliphatic rings. The largest absolute Gasteiger partial charge is 0.469 e. The molecule has 0 heterocycles. The number of methoxy groups -OCH3 is 1. The summed E-state index contributed by atoms with van der Waals surface area (Å²) in [6.45, 7) is 8.24. The van der Waals surface area contributed by atoms with Gasteiger partial charge in [0.15, 0.2) is 0 Å². The van der Waals surface area contributed by atoms with Crippen LogP contribution in [0.25, 0.3) is 0 Å². The van der Waals surface area contributed by atoms with Crippen LogP contribution < -0.4 is 0 Å². The molecule has 3 heteroatoms. The molecule has 0 aromatic carbocycles. The molecule has 0 aliphatic carbocycles. The summed E-state index contributed by atoms with van der Waals surface area (Å²) in [6, 6.07) is 0.213. The first-order valence-corrected chi connectivity index (χ1v) is 5.48. The summed E-state index contributed by atoms with van der Waals surface area (Å²) < 4.78 is 4.86. The summed E-state index contributed by atoms with van der Waals surface area (Å²) in [5.74, 6) is 0.434. The molecule has 1 unspecified atom stereocenters. The number of carbonyl (C=O) groups is 1. The standard InChI is InChI=1S/C12H25NO2/c1-9(2)8-10(13(5)6)12(3,4)11(14)15-7/h9-10H,8H2,1-7H3. The van der Waals surface area contributed by atoms with Crippen molar-refractivity contribution in [2.75, 3.05) is 21.2 Å². The molecule has 0 rings (SSSR count). The lowest BCUT2D eigenvalue weighted by atomic mass is 9.79. The highest BCUT2D eigenvalue weighted by molar-refractivity contribution is 5.76. The van der Waals surface area contributed by atoms with Crippen molar-refractivity contribution in [3.63, 3.8) is 0 Å². The highest BCUT2D eigenvalue weighted by Gasteiger charge is 2.39. The fourth-order valence-corrected chi connectivity index (χ4v) is 2.00. The Morgan fingerprint density at radius 3 is 2.07 bits per heavy atom. The Morgan fingerprint density at radius 2 is 1.80 bits per heavy atom. The lowest BCUT2D eigenvalue weighted by Gasteiger charge is -2.37. The van der Waals surface area contributed by atoms with Gasteiger partial charge in [0, 0.05) is 6.04 Å². The molecule has 15 heavy (non-hydrogen) atoms. The van der Waals surface area contributed by atoms with Crippen molar-refractivity contribution in [3.8, 4) is 0 Å². The first-order chi connectivity index (χ1) is 6.73. The van der Waals surface area contributed by atoms with Crippen molar-refractivity contribution >= 4 is 5.97 Å². The van der Waals surface area contributed by atoms with Crippen LogP contribution >= 0.6 is 0 Å². The van der Waals surface area contributed by atoms with E-state index in [1.807, 2.05) is 27.9 Å². The van der Waals surface area contributed by atoms with Gasteiger partial charge in [0.25, 0.3) is 0 Å². The summed E-state index contributed by atoms with van der Waals surface area (Å²) in [5.41, 5.74) is -0.456. The van der Waals surface area contributed by atoms with Gasteiger partial charge in [-0.3, -0.25) is 4.79 Å². The molecule has 0 radical (unpaired) electrons. The van der Waals surface area contributed by atoms with Crippen molar-refractivity contribution in [1.29, 1.82) is 0 Å². The molecule has 0 spiro atoms. The second kappa shape index (κ2) is 5.50. The predicted octanol–water partition coefficient (Wildman–Crippen LogP) is 2.16. The first-order valence-electron chi connectivity index (χ1n) is 5.48. The van der Waals surface area contributed by atoms with Gasteiger partial charge < -0.3 is 9.64 Å². The number of hydrogen-bond donors (Lipinski definition) is 0. The third-order valence-corrected chi connectivity index (χ3v) is 2.86. The molecule has 0 bridgehead atoms. The SMILES string of the molecule is COC(=O)C(C)(C)C(CC(C)C)N(C)C. The van der Waals surface area contributed by atoms with Crippen molar-refractivity contribution in [2.24, 2.45) is 11.3 Å². The highest BCUT2D eigenvalue weighted by atomic mass is 16.5. The van der Waals surface area contributed by atoms with E-state index in [1.165, 1.54) is 7.11 Å². The molecule has 0 aliphatic heterocycles. The summed E-state index contributed by atoms with van der Waals surface area (Å²) in [4.78, 5) is 13.8. The topological polar surface area (TPSA) is 29.5 Å². The zero-order valence-corrected chi connectivity index (χ0v) is 11.1. The van der Waals surface area contributed by atoms with Crippen LogP contribution in [0.3, 0.4) is 0 Å². The Labute approximate surface area is 93.8 Å². The Hall–Kier alpha value is -0.570. The number of nitrogens with zero attached hydrogens (tertiary/aromatic N) is 1. The Bertz CT molecular complexity index is 210. The molecule has 90 valence electrons. The summed E-state index contributed by atoms with van der Waals surface area (Å²) in [7, 11) is 5.47. The minimum absolute atomic E-state index is 0.137. The van der Waals surface area contributed by atoms with Crippen molar-refractivity contribution in [3.05, 3.63) is 0 Å². The fourth-order valence-electron chi connectivity index (χ4n) is 2.00. The Morgan fingerprint density at radius 1 is 1.33 bits per heavy atom. The zero-order chi connectivity index (χ0) is 12.2. The maximum atomic E-state index is 11.7. The molecular weight excluding hydrogens is 190 g/mol. The van der Waals surface area contributed by atoms with Crippen LogP contribution in [0.15, 0.2) is 0 Å². The normalized spacial score (nSPS) is 14.5. The van der Waals surface area contributed by atoms with Gasteiger partial charge in [-0.1, -0.05) is 13.8 Å². The lowest BCUT2D eigenvalue weighted by Crippen LogP contribution is -2.47. The van der Waals surface area contributed by atoms with E-state index < -0.39 is 5.41 Å². The lowest BCUT2D eigenvalue weighted by molar-refractivity contribution is -0.154. The molecule has 0 N–H and O–H groups in total.